The van der Waals surface area contributed by atoms with Crippen molar-refractivity contribution in [3.63, 3.8) is 0 Å². The normalized spacial score (nSPS) is 14.9. The first-order valence-corrected chi connectivity index (χ1v) is 18.9. The summed E-state index contributed by atoms with van der Waals surface area (Å²) in [5, 5.41) is 8.57. The Bertz CT molecular complexity index is 2170. The fourth-order valence-electron chi connectivity index (χ4n) is 6.68. The van der Waals surface area contributed by atoms with Crippen LogP contribution in [0.2, 0.25) is 0 Å². The highest BCUT2D eigenvalue weighted by Gasteiger charge is 2.32. The standard InChI is InChI=1S/C41H48N8O8/c1-25(42)41(54)57-17-7-14-43-38(51)33-18-27(23-47(33)2)26-10-12-28(13-11-26)46-39(52)34-19-29(24-48(34)3)45-37(50)9-6-16-56-36-21-32-31(20-35(36)55-4)40(53)49-15-5-8-30(49)22-44-32/h10-13,18-25,30H,5-9,14-17,42H2,1-4H3,(H,43,51)(H,45,50)(H,46,52)/t25?,30-/m0/s1. The molecule has 1 unspecified atom stereocenters. The second-order valence-corrected chi connectivity index (χ2v) is 14.1. The van der Waals surface area contributed by atoms with E-state index >= 15 is 0 Å². The van der Waals surface area contributed by atoms with Gasteiger partial charge >= 0.3 is 5.97 Å². The average molecular weight is 781 g/mol. The van der Waals surface area contributed by atoms with Gasteiger partial charge in [-0.3, -0.25) is 29.0 Å². The SMILES string of the molecule is COc1cc2c(cc1OCCCC(=O)Nc1cc(C(=O)Nc3ccc(-c4cc(C(=O)NCCCOC(=O)C(C)N)n(C)c4)cc3)n(C)c1)N=C[C@@H]1CCCN1C2=O. The Hall–Kier alpha value is -6.42. The van der Waals surface area contributed by atoms with Crippen LogP contribution in [0.5, 0.6) is 11.5 Å². The van der Waals surface area contributed by atoms with Gasteiger partial charge in [0.15, 0.2) is 11.5 Å². The summed E-state index contributed by atoms with van der Waals surface area (Å²) in [4.78, 5) is 69.8. The minimum atomic E-state index is -0.690. The number of hydrogen-bond acceptors (Lipinski definition) is 10. The molecule has 1 fully saturated rings. The van der Waals surface area contributed by atoms with Crippen molar-refractivity contribution in [2.45, 2.75) is 51.1 Å². The number of aromatic nitrogens is 2. The zero-order chi connectivity index (χ0) is 40.6. The predicted molar refractivity (Wildman–Crippen MR) is 214 cm³/mol. The average Bonchev–Trinajstić information content (AvgIpc) is 3.91. The quantitative estimate of drug-likeness (QED) is 0.0939. The monoisotopic (exact) mass is 780 g/mol. The molecule has 2 aromatic heterocycles. The van der Waals surface area contributed by atoms with Crippen LogP contribution in [0.1, 0.15) is 70.4 Å². The Morgan fingerprint density at radius 3 is 2.40 bits per heavy atom. The molecule has 5 N–H and O–H groups in total. The molecule has 2 aromatic carbocycles. The molecule has 300 valence electrons. The number of benzene rings is 2. The number of hydrogen-bond donors (Lipinski definition) is 4. The predicted octanol–water partition coefficient (Wildman–Crippen LogP) is 4.42. The molecule has 2 atom stereocenters. The van der Waals surface area contributed by atoms with Crippen LogP contribution in [0.3, 0.4) is 0 Å². The van der Waals surface area contributed by atoms with Crippen LogP contribution < -0.4 is 31.2 Å². The molecule has 0 saturated carbocycles. The lowest BCUT2D eigenvalue weighted by atomic mass is 10.1. The van der Waals surface area contributed by atoms with E-state index < -0.39 is 12.0 Å². The Morgan fingerprint density at radius 2 is 1.65 bits per heavy atom. The van der Waals surface area contributed by atoms with E-state index in [0.717, 1.165) is 24.0 Å². The Labute approximate surface area is 330 Å². The van der Waals surface area contributed by atoms with Crippen molar-refractivity contribution in [3.8, 4) is 22.6 Å². The Morgan fingerprint density at radius 1 is 0.895 bits per heavy atom. The van der Waals surface area contributed by atoms with Crippen LogP contribution in [-0.4, -0.2) is 95.3 Å². The number of nitrogens with zero attached hydrogens (tertiary/aromatic N) is 4. The minimum absolute atomic E-state index is 0.00222. The number of anilines is 2. The molecule has 6 rings (SSSR count). The van der Waals surface area contributed by atoms with Gasteiger partial charge in [-0.25, -0.2) is 0 Å². The molecule has 4 aromatic rings. The number of methoxy groups -OCH3 is 1. The summed E-state index contributed by atoms with van der Waals surface area (Å²) >= 11 is 0. The van der Waals surface area contributed by atoms with Gasteiger partial charge in [0, 0.05) is 69.5 Å². The van der Waals surface area contributed by atoms with Crippen LogP contribution in [-0.2, 0) is 28.4 Å². The number of fused-ring (bicyclic) bond motifs is 2. The van der Waals surface area contributed by atoms with E-state index in [-0.39, 0.29) is 49.3 Å². The van der Waals surface area contributed by atoms with Gasteiger partial charge in [0.1, 0.15) is 17.4 Å². The molecule has 16 nitrogen and oxygen atoms in total. The zero-order valence-electron chi connectivity index (χ0n) is 32.5. The van der Waals surface area contributed by atoms with Gasteiger partial charge in [-0.05, 0) is 68.5 Å². The molecular weight excluding hydrogens is 732 g/mol. The molecule has 0 radical (unpaired) electrons. The summed E-state index contributed by atoms with van der Waals surface area (Å²) < 4.78 is 19.9. The highest BCUT2D eigenvalue weighted by Crippen LogP contribution is 2.38. The molecule has 0 bridgehead atoms. The van der Waals surface area contributed by atoms with Gasteiger partial charge in [-0.15, -0.1) is 0 Å². The van der Waals surface area contributed by atoms with Gasteiger partial charge < -0.3 is 49.9 Å². The maximum Gasteiger partial charge on any atom is 0.322 e. The summed E-state index contributed by atoms with van der Waals surface area (Å²) in [6.07, 6.45) is 8.21. The number of nitrogens with two attached hydrogens (primary N) is 1. The van der Waals surface area contributed by atoms with Crippen LogP contribution >= 0.6 is 0 Å². The van der Waals surface area contributed by atoms with Crippen LogP contribution in [0.15, 0.2) is 65.9 Å². The number of nitrogens with one attached hydrogen (secondary N) is 3. The molecule has 2 aliphatic heterocycles. The molecule has 0 spiro atoms. The third-order valence-corrected chi connectivity index (χ3v) is 9.72. The van der Waals surface area contributed by atoms with E-state index in [1.54, 1.807) is 72.7 Å². The summed E-state index contributed by atoms with van der Waals surface area (Å²) in [5.74, 6) is -0.537. The van der Waals surface area contributed by atoms with Crippen LogP contribution in [0.25, 0.3) is 11.1 Å². The third-order valence-electron chi connectivity index (χ3n) is 9.72. The van der Waals surface area contributed by atoms with Crippen molar-refractivity contribution < 1.29 is 38.2 Å². The topological polar surface area (TPSA) is 201 Å². The van der Waals surface area contributed by atoms with Gasteiger partial charge in [0.05, 0.1) is 43.3 Å². The smallest absolute Gasteiger partial charge is 0.322 e. The third kappa shape index (κ3) is 9.70. The summed E-state index contributed by atoms with van der Waals surface area (Å²) in [7, 11) is 5.01. The number of carbonyl (C=O) groups excluding carboxylic acids is 5. The maximum absolute atomic E-state index is 13.2. The zero-order valence-corrected chi connectivity index (χ0v) is 32.5. The number of carbonyl (C=O) groups is 5. The van der Waals surface area contributed by atoms with E-state index in [1.807, 2.05) is 29.4 Å². The van der Waals surface area contributed by atoms with E-state index in [9.17, 15) is 24.0 Å². The van der Waals surface area contributed by atoms with Gasteiger partial charge in [-0.2, -0.15) is 0 Å². The van der Waals surface area contributed by atoms with Crippen molar-refractivity contribution in [2.24, 2.45) is 24.8 Å². The molecule has 0 aliphatic carbocycles. The number of esters is 1. The molecule has 57 heavy (non-hydrogen) atoms. The minimum Gasteiger partial charge on any atom is -0.493 e. The summed E-state index contributed by atoms with van der Waals surface area (Å²) in [6, 6.07) is 13.3. The summed E-state index contributed by atoms with van der Waals surface area (Å²) in [6.45, 7) is 2.98. The van der Waals surface area contributed by atoms with Crippen LogP contribution in [0.4, 0.5) is 17.1 Å². The van der Waals surface area contributed by atoms with Crippen LogP contribution in [0, 0.1) is 0 Å². The van der Waals surface area contributed by atoms with Gasteiger partial charge in [0.25, 0.3) is 17.7 Å². The molecule has 1 saturated heterocycles. The summed E-state index contributed by atoms with van der Waals surface area (Å²) in [5.41, 5.74) is 10.0. The molecular formula is C41H48N8O8. The fourth-order valence-corrected chi connectivity index (χ4v) is 6.68. The molecule has 4 heterocycles. The maximum atomic E-state index is 13.2. The first kappa shape index (κ1) is 40.2. The largest absolute Gasteiger partial charge is 0.493 e. The van der Waals surface area contributed by atoms with E-state index in [1.165, 1.54) is 7.11 Å². The van der Waals surface area contributed by atoms with E-state index in [4.69, 9.17) is 19.9 Å². The molecule has 4 amide bonds. The second-order valence-electron chi connectivity index (χ2n) is 14.1. The number of amides is 4. The lowest BCUT2D eigenvalue weighted by Crippen LogP contribution is -2.35. The lowest BCUT2D eigenvalue weighted by Gasteiger charge is -2.20. The number of aliphatic imine (C=N–C) groups is 1. The van der Waals surface area contributed by atoms with Crippen molar-refractivity contribution in [2.75, 3.05) is 44.0 Å². The lowest BCUT2D eigenvalue weighted by molar-refractivity contribution is -0.144. The molecule has 2 aliphatic rings. The van der Waals surface area contributed by atoms with Crippen molar-refractivity contribution in [1.29, 1.82) is 0 Å². The Balaban J connectivity index is 0.960. The van der Waals surface area contributed by atoms with Gasteiger partial charge in [-0.1, -0.05) is 12.1 Å². The first-order chi connectivity index (χ1) is 27.4. The van der Waals surface area contributed by atoms with Crippen molar-refractivity contribution in [1.82, 2.24) is 19.4 Å². The number of rotatable bonds is 16. The first-order valence-electron chi connectivity index (χ1n) is 18.9. The van der Waals surface area contributed by atoms with Crippen molar-refractivity contribution in [3.05, 3.63) is 77.9 Å². The number of aryl methyl sites for hydroxylation is 2. The fraction of sp³-hybridized carbons (Fsp3) is 0.366. The highest BCUT2D eigenvalue weighted by molar-refractivity contribution is 6.05. The molecule has 16 heteroatoms. The van der Waals surface area contributed by atoms with Gasteiger partial charge in [0.2, 0.25) is 5.91 Å². The van der Waals surface area contributed by atoms with Crippen molar-refractivity contribution >= 4 is 52.9 Å². The number of ether oxygens (including phenoxy) is 3. The Kier molecular flexibility index (Phi) is 12.7. The van der Waals surface area contributed by atoms with E-state index in [2.05, 4.69) is 20.9 Å². The van der Waals surface area contributed by atoms with E-state index in [0.29, 0.717) is 71.4 Å². The second kappa shape index (κ2) is 18.0. The highest BCUT2D eigenvalue weighted by atomic mass is 16.5.